The van der Waals surface area contributed by atoms with Crippen molar-refractivity contribution >= 4 is 53.2 Å². The van der Waals surface area contributed by atoms with Crippen LogP contribution < -0.4 is 37.7 Å². The predicted molar refractivity (Wildman–Crippen MR) is 382 cm³/mol. The number of primary amides is 1. The van der Waals surface area contributed by atoms with Gasteiger partial charge in [0.2, 0.25) is 60.0 Å². The molecule has 0 spiro atoms. The molecule has 0 aromatic heterocycles. The molecule has 101 heavy (non-hydrogen) atoms. The van der Waals surface area contributed by atoms with E-state index in [2.05, 4.69) is 10.2 Å². The molecule has 2 aliphatic heterocycles. The summed E-state index contributed by atoms with van der Waals surface area (Å²) in [4.78, 5) is 145. The molecule has 5 aromatic rings. The molecule has 0 unspecified atom stereocenters. The summed E-state index contributed by atoms with van der Waals surface area (Å²) in [5.74, 6) is -4.40. The number of amides is 9. The smallest absolute Gasteiger partial charge is 0.242 e. The molecule has 8 rings (SSSR count). The van der Waals surface area contributed by atoms with E-state index in [1.54, 1.807) is 71.6 Å². The number of fused-ring (bicyclic) bond motifs is 1. The zero-order valence-electron chi connectivity index (χ0n) is 58.2. The maximum Gasteiger partial charge on any atom is 0.242 e. The summed E-state index contributed by atoms with van der Waals surface area (Å²) in [5.41, 5.74) is 27.1. The Morgan fingerprint density at radius 3 is 1.32 bits per heavy atom. The summed E-state index contributed by atoms with van der Waals surface area (Å²) < 4.78 is 16.8. The minimum Gasteiger partial charge on any atom is -0.454 e. The molecule has 26 nitrogen and oxygen atoms in total. The van der Waals surface area contributed by atoms with Crippen LogP contribution in [0.3, 0.4) is 0 Å². The van der Waals surface area contributed by atoms with E-state index in [0.29, 0.717) is 93.0 Å². The molecular weight excluding hydrogens is 1290 g/mol. The first-order valence-electron chi connectivity index (χ1n) is 35.3. The van der Waals surface area contributed by atoms with E-state index in [1.165, 1.54) is 34.3 Å². The number of nitrogens with one attached hydrogen (secondary N) is 1. The molecule has 1 aliphatic carbocycles. The molecule has 1 saturated heterocycles. The van der Waals surface area contributed by atoms with Crippen LogP contribution in [0.4, 0.5) is 0 Å². The number of hydrogen-bond donors (Lipinski definition) is 5. The highest BCUT2D eigenvalue weighted by Crippen LogP contribution is 2.34. The summed E-state index contributed by atoms with van der Waals surface area (Å²) in [6.07, 6.45) is 4.27. The third-order valence-electron chi connectivity index (χ3n) is 18.1. The van der Waals surface area contributed by atoms with Gasteiger partial charge in [-0.3, -0.25) is 48.1 Å². The lowest BCUT2D eigenvalue weighted by molar-refractivity contribution is -0.149. The molecule has 0 bridgehead atoms. The van der Waals surface area contributed by atoms with Crippen LogP contribution in [-0.4, -0.2) is 254 Å². The van der Waals surface area contributed by atoms with Crippen molar-refractivity contribution in [1.29, 1.82) is 0 Å². The fraction of sp³-hybridized carbons (Fsp3) is 0.480. The van der Waals surface area contributed by atoms with Crippen molar-refractivity contribution in [2.45, 2.75) is 83.0 Å². The SMILES string of the molecule is NCCCCN(CC(N)=O)C(=O)CN(Cc1ccccc1)C(=O)CN(Cc1ccccc1)C(=O)CN(CCCCN)C(=O)CN(CCCCN)C(=O)CN(CC(c1ccccc1)c1ccccc1)C(=O)CN(Cc1ccc2c(c1)OCO2)C(=O)CN(C(=O)CNCCN1CCOCC1)C1CC1. The van der Waals surface area contributed by atoms with Crippen LogP contribution in [-0.2, 0) is 67.5 Å². The van der Waals surface area contributed by atoms with Crippen molar-refractivity contribution in [3.8, 4) is 11.5 Å². The number of hydrogen-bond acceptors (Lipinski definition) is 17. The number of morpholine rings is 1. The summed E-state index contributed by atoms with van der Waals surface area (Å²) in [6.45, 7) is 1.61. The van der Waals surface area contributed by atoms with Gasteiger partial charge >= 0.3 is 0 Å². The molecular formula is C75H102N14O12. The molecule has 1 saturated carbocycles. The number of carbonyl (C=O) groups excluding carboxylic acids is 9. The summed E-state index contributed by atoms with van der Waals surface area (Å²) in [7, 11) is 0. The lowest BCUT2D eigenvalue weighted by Gasteiger charge is -2.34. The second kappa shape index (κ2) is 41.4. The Labute approximate surface area is 593 Å². The molecule has 544 valence electrons. The summed E-state index contributed by atoms with van der Waals surface area (Å²) >= 11 is 0. The van der Waals surface area contributed by atoms with Crippen molar-refractivity contribution in [3.63, 3.8) is 0 Å². The second-order valence-electron chi connectivity index (χ2n) is 25.8. The highest BCUT2D eigenvalue weighted by molar-refractivity contribution is 5.94. The molecule has 26 heteroatoms. The lowest BCUT2D eigenvalue weighted by atomic mass is 9.90. The van der Waals surface area contributed by atoms with Gasteiger partial charge in [-0.1, -0.05) is 127 Å². The lowest BCUT2D eigenvalue weighted by Crippen LogP contribution is -2.53. The third kappa shape index (κ3) is 25.7. The van der Waals surface area contributed by atoms with Crippen LogP contribution >= 0.6 is 0 Å². The quantitative estimate of drug-likeness (QED) is 0.0350. The number of ether oxygens (including phenoxy) is 3. The van der Waals surface area contributed by atoms with Crippen molar-refractivity contribution in [3.05, 3.63) is 167 Å². The molecule has 3 aliphatic rings. The Morgan fingerprint density at radius 2 is 0.851 bits per heavy atom. The van der Waals surface area contributed by atoms with Gasteiger partial charge in [0.1, 0.15) is 26.2 Å². The van der Waals surface area contributed by atoms with E-state index in [1.807, 2.05) is 72.8 Å². The zero-order valence-corrected chi connectivity index (χ0v) is 58.2. The van der Waals surface area contributed by atoms with Crippen LogP contribution in [0, 0.1) is 0 Å². The fourth-order valence-electron chi connectivity index (χ4n) is 12.2. The number of rotatable bonds is 44. The summed E-state index contributed by atoms with van der Waals surface area (Å²) in [5, 5.41) is 3.27. The predicted octanol–water partition coefficient (Wildman–Crippen LogP) is 2.56. The Bertz CT molecular complexity index is 3400. The van der Waals surface area contributed by atoms with Crippen LogP contribution in [0.15, 0.2) is 140 Å². The van der Waals surface area contributed by atoms with Gasteiger partial charge in [-0.15, -0.1) is 0 Å². The van der Waals surface area contributed by atoms with E-state index >= 15 is 24.0 Å². The average molecular weight is 1390 g/mol. The first-order chi connectivity index (χ1) is 49.1. The van der Waals surface area contributed by atoms with Gasteiger partial charge in [0, 0.05) is 84.0 Å². The standard InChI is InChI=1S/C75H102N14O12/c76-31-13-16-35-82(49-67(79)90)70(93)52-85(45-58-19-5-1-6-20-58)73(96)54-86(46-59-21-7-2-8-22-59)72(95)51-84(37-18-15-33-78)69(92)50-83(36-17-14-32-77)71(94)53-88(48-64(61-23-9-3-10-24-61)62-25-11-4-12-26-62)74(97)55-87(47-60-27-30-65-66(43-60)101-57-100-65)75(98)56-89(63-28-29-63)68(91)44-80-34-38-81-39-41-99-42-40-81/h1-12,19-27,30,43,63-64,80H,13-18,28-29,31-42,44-57,76-78H2,(H2,79,90). The van der Waals surface area contributed by atoms with Gasteiger partial charge in [-0.25, -0.2) is 0 Å². The largest absolute Gasteiger partial charge is 0.454 e. The first kappa shape index (κ1) is 77.4. The highest BCUT2D eigenvalue weighted by atomic mass is 16.7. The van der Waals surface area contributed by atoms with Crippen molar-refractivity contribution in [2.75, 3.05) is 151 Å². The van der Waals surface area contributed by atoms with Crippen LogP contribution in [0.5, 0.6) is 11.5 Å². The minimum absolute atomic E-state index is 0.0141. The van der Waals surface area contributed by atoms with E-state index in [9.17, 15) is 19.2 Å². The number of unbranched alkanes of at least 4 members (excludes halogenated alkanes) is 3. The van der Waals surface area contributed by atoms with Crippen molar-refractivity contribution < 1.29 is 57.4 Å². The van der Waals surface area contributed by atoms with E-state index < -0.39 is 92.4 Å². The average Bonchev–Trinajstić information content (AvgIpc) is 1.71. The maximum atomic E-state index is 15.7. The van der Waals surface area contributed by atoms with Gasteiger partial charge in [0.05, 0.1) is 45.9 Å². The second-order valence-corrected chi connectivity index (χ2v) is 25.8. The third-order valence-corrected chi connectivity index (χ3v) is 18.1. The van der Waals surface area contributed by atoms with Crippen molar-refractivity contribution in [1.82, 2.24) is 49.4 Å². The van der Waals surface area contributed by atoms with Crippen LogP contribution in [0.1, 0.15) is 85.1 Å². The number of nitrogens with two attached hydrogens (primary N) is 4. The zero-order chi connectivity index (χ0) is 71.7. The van der Waals surface area contributed by atoms with Crippen molar-refractivity contribution in [2.24, 2.45) is 22.9 Å². The normalized spacial score (nSPS) is 13.3. The molecule has 9 N–H and O–H groups in total. The van der Waals surface area contributed by atoms with Gasteiger partial charge < -0.3 is 81.7 Å². The number of carbonyl (C=O) groups is 9. The number of benzene rings is 5. The molecule has 9 amide bonds. The molecule has 2 fully saturated rings. The molecule has 0 atom stereocenters. The van der Waals surface area contributed by atoms with Crippen LogP contribution in [0.2, 0.25) is 0 Å². The first-order valence-corrected chi connectivity index (χ1v) is 35.3. The van der Waals surface area contributed by atoms with Gasteiger partial charge in [-0.2, -0.15) is 0 Å². The molecule has 0 radical (unpaired) electrons. The molecule has 5 aromatic carbocycles. The fourth-order valence-corrected chi connectivity index (χ4v) is 12.2. The van der Waals surface area contributed by atoms with E-state index in [-0.39, 0.29) is 97.3 Å². The van der Waals surface area contributed by atoms with E-state index in [4.69, 9.17) is 37.1 Å². The molecule has 2 heterocycles. The number of nitrogens with zero attached hydrogens (tertiary/aromatic N) is 9. The Balaban J connectivity index is 1.07. The van der Waals surface area contributed by atoms with Gasteiger partial charge in [-0.05, 0) is 111 Å². The highest BCUT2D eigenvalue weighted by Gasteiger charge is 2.37. The topological polar surface area (TPSA) is 327 Å². The van der Waals surface area contributed by atoms with E-state index in [0.717, 1.165) is 43.6 Å². The summed E-state index contributed by atoms with van der Waals surface area (Å²) in [6, 6.07) is 42.3. The Kier molecular flexibility index (Phi) is 31.8. The van der Waals surface area contributed by atoms with Gasteiger partial charge in [0.25, 0.3) is 0 Å². The minimum atomic E-state index is -0.725. The Hall–Kier alpha value is -9.31. The van der Waals surface area contributed by atoms with Crippen LogP contribution in [0.25, 0.3) is 0 Å². The maximum absolute atomic E-state index is 15.7. The Morgan fingerprint density at radius 1 is 0.446 bits per heavy atom. The van der Waals surface area contributed by atoms with Gasteiger partial charge in [0.15, 0.2) is 11.5 Å². The monoisotopic (exact) mass is 1390 g/mol.